The van der Waals surface area contributed by atoms with Gasteiger partial charge in [-0.15, -0.1) is 0 Å². The first kappa shape index (κ1) is 42.4. The molecule has 0 aliphatic heterocycles. The quantitative estimate of drug-likeness (QED) is 0.0423. The van der Waals surface area contributed by atoms with Gasteiger partial charge in [0.1, 0.15) is 0 Å². The van der Waals surface area contributed by atoms with Crippen molar-refractivity contribution in [2.45, 2.75) is 206 Å². The highest BCUT2D eigenvalue weighted by Gasteiger charge is 1.98. The summed E-state index contributed by atoms with van der Waals surface area (Å²) in [7, 11) is 0. The van der Waals surface area contributed by atoms with Gasteiger partial charge in [-0.2, -0.15) is 0 Å². The molecule has 44 heavy (non-hydrogen) atoms. The predicted molar refractivity (Wildman–Crippen MR) is 194 cm³/mol. The third-order valence-electron chi connectivity index (χ3n) is 8.77. The number of carbonyl (C=O) groups is 2. The highest BCUT2D eigenvalue weighted by atomic mass is 16.2. The van der Waals surface area contributed by atoms with Gasteiger partial charge in [-0.3, -0.25) is 9.59 Å². The molecule has 2 N–H and O–H groups in total. The first-order valence-corrected chi connectivity index (χ1v) is 19.6. The normalized spacial score (nSPS) is 11.6. The van der Waals surface area contributed by atoms with Crippen molar-refractivity contribution in [3.8, 4) is 0 Å². The molecule has 0 aliphatic rings. The molecule has 0 atom stereocenters. The van der Waals surface area contributed by atoms with Gasteiger partial charge in [-0.05, 0) is 12.8 Å². The molecule has 0 unspecified atom stereocenters. The highest BCUT2D eigenvalue weighted by Crippen LogP contribution is 2.14. The molecule has 0 fully saturated rings. The van der Waals surface area contributed by atoms with Gasteiger partial charge in [0.15, 0.2) is 0 Å². The lowest BCUT2D eigenvalue weighted by molar-refractivity contribution is -0.117. The van der Waals surface area contributed by atoms with E-state index in [1.54, 1.807) is 12.2 Å². The molecule has 0 heterocycles. The van der Waals surface area contributed by atoms with Crippen LogP contribution in [0.1, 0.15) is 206 Å². The van der Waals surface area contributed by atoms with Crippen LogP contribution in [0, 0.1) is 0 Å². The number of hydrogen-bond donors (Lipinski definition) is 2. The second kappa shape index (κ2) is 37.6. The minimum Gasteiger partial charge on any atom is -0.353 e. The number of rotatable bonds is 35. The Morgan fingerprint density at radius 3 is 0.773 bits per heavy atom. The van der Waals surface area contributed by atoms with Crippen molar-refractivity contribution >= 4 is 11.8 Å². The summed E-state index contributed by atoms with van der Waals surface area (Å²) in [5.74, 6) is -0.170. The molecule has 0 saturated carbocycles. The van der Waals surface area contributed by atoms with E-state index in [0.717, 1.165) is 25.9 Å². The second-order valence-electron chi connectivity index (χ2n) is 13.2. The van der Waals surface area contributed by atoms with Crippen LogP contribution in [0.15, 0.2) is 24.3 Å². The van der Waals surface area contributed by atoms with Gasteiger partial charge in [0.05, 0.1) is 0 Å². The summed E-state index contributed by atoms with van der Waals surface area (Å²) in [6.07, 6.45) is 46.7. The Morgan fingerprint density at radius 2 is 0.545 bits per heavy atom. The summed E-state index contributed by atoms with van der Waals surface area (Å²) in [6, 6.07) is 0. The number of amides is 2. The van der Waals surface area contributed by atoms with Crippen LogP contribution in [0.25, 0.3) is 0 Å². The maximum atomic E-state index is 11.9. The average molecular weight is 617 g/mol. The minimum absolute atomic E-state index is 0.0850. The molecule has 0 aromatic carbocycles. The molecular formula is C40H76N2O2. The number of unbranched alkanes of at least 4 members (excludes halogenated alkanes) is 28. The van der Waals surface area contributed by atoms with E-state index in [1.165, 1.54) is 192 Å². The molecule has 2 amide bonds. The fourth-order valence-corrected chi connectivity index (χ4v) is 5.82. The summed E-state index contributed by atoms with van der Waals surface area (Å²) in [5, 5.41) is 5.89. The molecule has 0 rings (SSSR count). The third-order valence-corrected chi connectivity index (χ3v) is 8.77. The van der Waals surface area contributed by atoms with Gasteiger partial charge in [0, 0.05) is 25.2 Å². The van der Waals surface area contributed by atoms with Crippen LogP contribution < -0.4 is 10.6 Å². The molecule has 4 nitrogen and oxygen atoms in total. The zero-order valence-corrected chi connectivity index (χ0v) is 29.8. The topological polar surface area (TPSA) is 58.2 Å². The first-order valence-electron chi connectivity index (χ1n) is 19.6. The molecule has 0 aliphatic carbocycles. The molecule has 0 aromatic heterocycles. The zero-order chi connectivity index (χ0) is 32.0. The van der Waals surface area contributed by atoms with Crippen LogP contribution >= 0.6 is 0 Å². The Balaban J connectivity index is 3.39. The van der Waals surface area contributed by atoms with E-state index >= 15 is 0 Å². The van der Waals surface area contributed by atoms with Gasteiger partial charge in [0.25, 0.3) is 0 Å². The molecular weight excluding hydrogens is 540 g/mol. The number of nitrogens with one attached hydrogen (secondary N) is 2. The van der Waals surface area contributed by atoms with Gasteiger partial charge in [-0.25, -0.2) is 0 Å². The van der Waals surface area contributed by atoms with Crippen LogP contribution in [-0.2, 0) is 9.59 Å². The van der Waals surface area contributed by atoms with E-state index < -0.39 is 0 Å². The molecule has 0 aromatic rings. The summed E-state index contributed by atoms with van der Waals surface area (Å²) in [4.78, 5) is 23.9. The van der Waals surface area contributed by atoms with Gasteiger partial charge >= 0.3 is 0 Å². The van der Waals surface area contributed by atoms with Gasteiger partial charge < -0.3 is 10.6 Å². The maximum absolute atomic E-state index is 11.9. The van der Waals surface area contributed by atoms with E-state index in [0.29, 0.717) is 0 Å². The van der Waals surface area contributed by atoms with Crippen molar-refractivity contribution in [2.24, 2.45) is 0 Å². The molecule has 0 spiro atoms. The van der Waals surface area contributed by atoms with Crippen molar-refractivity contribution in [1.82, 2.24) is 10.6 Å². The zero-order valence-electron chi connectivity index (χ0n) is 29.8. The fourth-order valence-electron chi connectivity index (χ4n) is 5.82. The van der Waals surface area contributed by atoms with E-state index in [9.17, 15) is 9.59 Å². The SMILES string of the molecule is CCCCCCCCCCCCCCCCCNC(=O)/C=C\C=C/C(=O)NCCCCCCCCCCCCCCCCC. The van der Waals surface area contributed by atoms with E-state index in [-0.39, 0.29) is 11.8 Å². The van der Waals surface area contributed by atoms with Crippen LogP contribution in [0.2, 0.25) is 0 Å². The fraction of sp³-hybridized carbons (Fsp3) is 0.850. The maximum Gasteiger partial charge on any atom is 0.243 e. The van der Waals surface area contributed by atoms with Crippen LogP contribution in [0.5, 0.6) is 0 Å². The molecule has 0 saturated heterocycles. The van der Waals surface area contributed by atoms with Crippen LogP contribution in [-0.4, -0.2) is 24.9 Å². The summed E-state index contributed by atoms with van der Waals surface area (Å²) < 4.78 is 0. The molecule has 258 valence electrons. The predicted octanol–water partition coefficient (Wildman–Crippen LogP) is 12.1. The highest BCUT2D eigenvalue weighted by molar-refractivity contribution is 5.89. The van der Waals surface area contributed by atoms with E-state index in [4.69, 9.17) is 0 Å². The Kier molecular flexibility index (Phi) is 36.3. The van der Waals surface area contributed by atoms with Crippen molar-refractivity contribution in [3.63, 3.8) is 0 Å². The Hall–Kier alpha value is -1.58. The van der Waals surface area contributed by atoms with E-state index in [1.807, 2.05) is 0 Å². The Labute approximate surface area is 275 Å². The first-order chi connectivity index (χ1) is 21.7. The van der Waals surface area contributed by atoms with E-state index in [2.05, 4.69) is 24.5 Å². The summed E-state index contributed by atoms with van der Waals surface area (Å²) >= 11 is 0. The largest absolute Gasteiger partial charge is 0.353 e. The summed E-state index contributed by atoms with van der Waals surface area (Å²) in [5.41, 5.74) is 0. The second-order valence-corrected chi connectivity index (χ2v) is 13.2. The minimum atomic E-state index is -0.0850. The lowest BCUT2D eigenvalue weighted by atomic mass is 10.0. The monoisotopic (exact) mass is 617 g/mol. The smallest absolute Gasteiger partial charge is 0.243 e. The lowest BCUT2D eigenvalue weighted by Crippen LogP contribution is -2.22. The lowest BCUT2D eigenvalue weighted by Gasteiger charge is -2.04. The molecule has 4 heteroatoms. The van der Waals surface area contributed by atoms with Crippen LogP contribution in [0.3, 0.4) is 0 Å². The van der Waals surface area contributed by atoms with Crippen molar-refractivity contribution in [2.75, 3.05) is 13.1 Å². The van der Waals surface area contributed by atoms with Crippen molar-refractivity contribution in [1.29, 1.82) is 0 Å². The standard InChI is InChI=1S/C40H76N2O2/c1-3-5-7-9-11-13-15-17-19-21-23-25-27-29-33-37-41-39(43)35-31-32-36-40(44)42-38-34-30-28-26-24-22-20-18-16-14-12-10-8-6-4-2/h31-32,35-36H,3-30,33-34,37-38H2,1-2H3,(H,41,43)(H,42,44)/b35-31-,36-32-. The number of carbonyl (C=O) groups excluding carboxylic acids is 2. The Bertz CT molecular complexity index is 602. The number of allylic oxidation sites excluding steroid dienone is 2. The van der Waals surface area contributed by atoms with Crippen molar-refractivity contribution in [3.05, 3.63) is 24.3 Å². The number of hydrogen-bond acceptors (Lipinski definition) is 2. The molecule has 0 bridgehead atoms. The molecule has 0 radical (unpaired) electrons. The third kappa shape index (κ3) is 36.6. The van der Waals surface area contributed by atoms with Crippen molar-refractivity contribution < 1.29 is 9.59 Å². The Morgan fingerprint density at radius 1 is 0.341 bits per heavy atom. The van der Waals surface area contributed by atoms with Crippen LogP contribution in [0.4, 0.5) is 0 Å². The average Bonchev–Trinajstić information content (AvgIpc) is 3.02. The van der Waals surface area contributed by atoms with Gasteiger partial charge in [-0.1, -0.05) is 206 Å². The summed E-state index contributed by atoms with van der Waals surface area (Å²) in [6.45, 7) is 6.01. The van der Waals surface area contributed by atoms with Gasteiger partial charge in [0.2, 0.25) is 11.8 Å².